The number of hydrogen-bond donors (Lipinski definition) is 1. The standard InChI is InChI=1S/C11H15NO3/c1-3-14-11(13)8(2)15-10-6-4-5-9(12)7-10/h4-8H,3,12H2,1-2H3/t8-/m1/s1. The summed E-state index contributed by atoms with van der Waals surface area (Å²) in [5.41, 5.74) is 6.17. The minimum Gasteiger partial charge on any atom is -0.479 e. The number of ether oxygens (including phenoxy) is 2. The minimum atomic E-state index is -0.619. The predicted molar refractivity (Wildman–Crippen MR) is 57.6 cm³/mol. The molecule has 0 aromatic heterocycles. The van der Waals surface area contributed by atoms with E-state index in [1.54, 1.807) is 38.1 Å². The predicted octanol–water partition coefficient (Wildman–Crippen LogP) is 1.60. The van der Waals surface area contributed by atoms with Crippen LogP contribution in [0.5, 0.6) is 5.75 Å². The number of carbonyl (C=O) groups is 1. The summed E-state index contributed by atoms with van der Waals surface area (Å²) in [5, 5.41) is 0. The van der Waals surface area contributed by atoms with Gasteiger partial charge in [0.1, 0.15) is 5.75 Å². The number of nitrogen functional groups attached to an aromatic ring is 1. The smallest absolute Gasteiger partial charge is 0.347 e. The Morgan fingerprint density at radius 1 is 1.53 bits per heavy atom. The second-order valence-corrected chi connectivity index (χ2v) is 3.08. The van der Waals surface area contributed by atoms with Crippen LogP contribution in [0.4, 0.5) is 5.69 Å². The first-order valence-corrected chi connectivity index (χ1v) is 4.82. The summed E-state index contributed by atoms with van der Waals surface area (Å²) in [6.07, 6.45) is -0.619. The first-order valence-electron chi connectivity index (χ1n) is 4.82. The Kier molecular flexibility index (Phi) is 3.97. The van der Waals surface area contributed by atoms with E-state index in [-0.39, 0.29) is 5.97 Å². The molecule has 2 N–H and O–H groups in total. The maximum atomic E-state index is 11.3. The van der Waals surface area contributed by atoms with Gasteiger partial charge < -0.3 is 15.2 Å². The number of benzene rings is 1. The molecule has 0 fully saturated rings. The van der Waals surface area contributed by atoms with E-state index in [2.05, 4.69) is 0 Å². The molecule has 0 amide bonds. The zero-order valence-corrected chi connectivity index (χ0v) is 8.90. The molecule has 0 heterocycles. The van der Waals surface area contributed by atoms with Crippen LogP contribution in [0.15, 0.2) is 24.3 Å². The van der Waals surface area contributed by atoms with Gasteiger partial charge in [-0.1, -0.05) is 6.07 Å². The Morgan fingerprint density at radius 2 is 2.27 bits per heavy atom. The van der Waals surface area contributed by atoms with Crippen molar-refractivity contribution < 1.29 is 14.3 Å². The van der Waals surface area contributed by atoms with Crippen LogP contribution in [-0.4, -0.2) is 18.7 Å². The third-order valence-electron chi connectivity index (χ3n) is 1.79. The minimum absolute atomic E-state index is 0.351. The Labute approximate surface area is 89.0 Å². The van der Waals surface area contributed by atoms with Crippen LogP contribution >= 0.6 is 0 Å². The molecule has 0 bridgehead atoms. The summed E-state index contributed by atoms with van der Waals surface area (Å²) < 4.78 is 10.2. The van der Waals surface area contributed by atoms with Gasteiger partial charge in [0.2, 0.25) is 0 Å². The molecule has 0 spiro atoms. The van der Waals surface area contributed by atoms with Crippen LogP contribution in [0, 0.1) is 0 Å². The quantitative estimate of drug-likeness (QED) is 0.604. The molecule has 1 aromatic carbocycles. The molecule has 0 saturated heterocycles. The first kappa shape index (κ1) is 11.4. The zero-order chi connectivity index (χ0) is 11.3. The van der Waals surface area contributed by atoms with E-state index in [1.165, 1.54) is 0 Å². The van der Waals surface area contributed by atoms with E-state index in [4.69, 9.17) is 15.2 Å². The van der Waals surface area contributed by atoms with Crippen molar-refractivity contribution in [2.24, 2.45) is 0 Å². The molecule has 0 aliphatic carbocycles. The first-order chi connectivity index (χ1) is 7.13. The molecule has 0 unspecified atom stereocenters. The summed E-state index contributed by atoms with van der Waals surface area (Å²) >= 11 is 0. The average molecular weight is 209 g/mol. The van der Waals surface area contributed by atoms with Crippen molar-refractivity contribution in [1.82, 2.24) is 0 Å². The number of anilines is 1. The van der Waals surface area contributed by atoms with Gasteiger partial charge in [-0.2, -0.15) is 0 Å². The highest BCUT2D eigenvalue weighted by Crippen LogP contribution is 2.16. The third-order valence-corrected chi connectivity index (χ3v) is 1.79. The van der Waals surface area contributed by atoms with E-state index in [0.717, 1.165) is 0 Å². The fraction of sp³-hybridized carbons (Fsp3) is 0.364. The normalized spacial score (nSPS) is 11.9. The average Bonchev–Trinajstić information content (AvgIpc) is 2.18. The molecule has 82 valence electrons. The lowest BCUT2D eigenvalue weighted by Crippen LogP contribution is -2.26. The number of nitrogens with two attached hydrogens (primary N) is 1. The molecule has 1 atom stereocenters. The summed E-state index contributed by atoms with van der Waals surface area (Å²) in [6, 6.07) is 6.92. The molecule has 1 rings (SSSR count). The Hall–Kier alpha value is -1.71. The van der Waals surface area contributed by atoms with E-state index in [9.17, 15) is 4.79 Å². The van der Waals surface area contributed by atoms with Crippen molar-refractivity contribution in [2.75, 3.05) is 12.3 Å². The van der Waals surface area contributed by atoms with Crippen LogP contribution in [0.25, 0.3) is 0 Å². The molecule has 0 aliphatic rings. The van der Waals surface area contributed by atoms with Crippen molar-refractivity contribution >= 4 is 11.7 Å². The van der Waals surface area contributed by atoms with Gasteiger partial charge in [0.25, 0.3) is 0 Å². The van der Waals surface area contributed by atoms with E-state index in [0.29, 0.717) is 18.0 Å². The monoisotopic (exact) mass is 209 g/mol. The fourth-order valence-electron chi connectivity index (χ4n) is 1.10. The maximum Gasteiger partial charge on any atom is 0.347 e. The van der Waals surface area contributed by atoms with Gasteiger partial charge in [0.05, 0.1) is 6.61 Å². The molecule has 0 radical (unpaired) electrons. The van der Waals surface area contributed by atoms with Crippen molar-refractivity contribution in [3.63, 3.8) is 0 Å². The van der Waals surface area contributed by atoms with Crippen molar-refractivity contribution in [1.29, 1.82) is 0 Å². The van der Waals surface area contributed by atoms with Gasteiger partial charge in [-0.25, -0.2) is 4.79 Å². The molecule has 0 aliphatic heterocycles. The fourth-order valence-corrected chi connectivity index (χ4v) is 1.10. The summed E-state index contributed by atoms with van der Waals surface area (Å²) in [4.78, 5) is 11.3. The lowest BCUT2D eigenvalue weighted by Gasteiger charge is -2.13. The van der Waals surface area contributed by atoms with Gasteiger partial charge in [-0.05, 0) is 26.0 Å². The van der Waals surface area contributed by atoms with Crippen molar-refractivity contribution in [2.45, 2.75) is 20.0 Å². The van der Waals surface area contributed by atoms with Crippen molar-refractivity contribution in [3.8, 4) is 5.75 Å². The van der Waals surface area contributed by atoms with Gasteiger partial charge in [-0.3, -0.25) is 0 Å². The molecule has 1 aromatic rings. The number of esters is 1. The number of carbonyl (C=O) groups excluding carboxylic acids is 1. The second kappa shape index (κ2) is 5.24. The van der Waals surface area contributed by atoms with E-state index in [1.807, 2.05) is 0 Å². The van der Waals surface area contributed by atoms with Crippen LogP contribution in [0.3, 0.4) is 0 Å². The highest BCUT2D eigenvalue weighted by molar-refractivity contribution is 5.74. The van der Waals surface area contributed by atoms with Gasteiger partial charge in [-0.15, -0.1) is 0 Å². The van der Waals surface area contributed by atoms with Gasteiger partial charge in [0.15, 0.2) is 6.10 Å². The topological polar surface area (TPSA) is 61.5 Å². The van der Waals surface area contributed by atoms with Gasteiger partial charge in [0, 0.05) is 11.8 Å². The molecular formula is C11H15NO3. The van der Waals surface area contributed by atoms with Crippen LogP contribution in [0.1, 0.15) is 13.8 Å². The number of hydrogen-bond acceptors (Lipinski definition) is 4. The molecular weight excluding hydrogens is 194 g/mol. The Balaban J connectivity index is 2.58. The molecule has 15 heavy (non-hydrogen) atoms. The zero-order valence-electron chi connectivity index (χ0n) is 8.90. The largest absolute Gasteiger partial charge is 0.479 e. The Bertz CT molecular complexity index is 338. The maximum absolute atomic E-state index is 11.3. The van der Waals surface area contributed by atoms with Crippen LogP contribution in [0.2, 0.25) is 0 Å². The lowest BCUT2D eigenvalue weighted by molar-refractivity contribution is -0.150. The van der Waals surface area contributed by atoms with E-state index < -0.39 is 6.10 Å². The molecule has 4 heteroatoms. The third kappa shape index (κ3) is 3.50. The molecule has 0 saturated carbocycles. The lowest BCUT2D eigenvalue weighted by atomic mass is 10.3. The van der Waals surface area contributed by atoms with Crippen LogP contribution < -0.4 is 10.5 Å². The second-order valence-electron chi connectivity index (χ2n) is 3.08. The van der Waals surface area contributed by atoms with Crippen molar-refractivity contribution in [3.05, 3.63) is 24.3 Å². The highest BCUT2D eigenvalue weighted by atomic mass is 16.6. The highest BCUT2D eigenvalue weighted by Gasteiger charge is 2.15. The summed E-state index contributed by atoms with van der Waals surface area (Å²) in [5.74, 6) is 0.190. The molecule has 4 nitrogen and oxygen atoms in total. The van der Waals surface area contributed by atoms with Crippen LogP contribution in [-0.2, 0) is 9.53 Å². The summed E-state index contributed by atoms with van der Waals surface area (Å²) in [7, 11) is 0. The Morgan fingerprint density at radius 3 is 2.87 bits per heavy atom. The van der Waals surface area contributed by atoms with E-state index >= 15 is 0 Å². The SMILES string of the molecule is CCOC(=O)[C@@H](C)Oc1cccc(N)c1. The number of rotatable bonds is 4. The summed E-state index contributed by atoms with van der Waals surface area (Å²) in [6.45, 7) is 3.75. The van der Waals surface area contributed by atoms with Gasteiger partial charge >= 0.3 is 5.97 Å².